The summed E-state index contributed by atoms with van der Waals surface area (Å²) in [6.07, 6.45) is 3.65. The Morgan fingerprint density at radius 2 is 2.00 bits per heavy atom. The van der Waals surface area contributed by atoms with Crippen LogP contribution in [-0.4, -0.2) is 34.7 Å². The van der Waals surface area contributed by atoms with Crippen LogP contribution >= 0.6 is 0 Å². The lowest BCUT2D eigenvalue weighted by Crippen LogP contribution is -2.26. The van der Waals surface area contributed by atoms with Crippen molar-refractivity contribution < 1.29 is 13.9 Å². The molecule has 0 spiro atoms. The second-order valence-electron chi connectivity index (χ2n) is 6.72. The molecular weight excluding hydrogens is 354 g/mol. The first-order valence-electron chi connectivity index (χ1n) is 8.96. The molecule has 0 saturated carbocycles. The van der Waals surface area contributed by atoms with Crippen molar-refractivity contribution in [3.8, 4) is 16.9 Å². The summed E-state index contributed by atoms with van der Waals surface area (Å²) in [5.74, 6) is 0.822. The van der Waals surface area contributed by atoms with Crippen LogP contribution in [0.4, 0.5) is 0 Å². The van der Waals surface area contributed by atoms with Crippen molar-refractivity contribution >= 4 is 16.9 Å². The summed E-state index contributed by atoms with van der Waals surface area (Å²) in [5.41, 5.74) is 3.31. The molecule has 0 aliphatic carbocycles. The van der Waals surface area contributed by atoms with E-state index in [0.717, 1.165) is 22.1 Å². The van der Waals surface area contributed by atoms with Crippen molar-refractivity contribution in [2.45, 2.75) is 6.54 Å². The highest BCUT2D eigenvalue weighted by Gasteiger charge is 2.25. The van der Waals surface area contributed by atoms with Gasteiger partial charge in [-0.1, -0.05) is 30.3 Å². The third-order valence-corrected chi connectivity index (χ3v) is 4.68. The molecule has 142 valence electrons. The first-order valence-corrected chi connectivity index (χ1v) is 8.96. The van der Waals surface area contributed by atoms with E-state index >= 15 is 0 Å². The maximum absolute atomic E-state index is 13.2. The van der Waals surface area contributed by atoms with Gasteiger partial charge >= 0.3 is 0 Å². The molecule has 6 nitrogen and oxygen atoms in total. The number of methoxy groups -OCH3 is 1. The van der Waals surface area contributed by atoms with Gasteiger partial charge in [0.05, 0.1) is 13.3 Å². The third kappa shape index (κ3) is 3.24. The molecule has 28 heavy (non-hydrogen) atoms. The number of amides is 1. The van der Waals surface area contributed by atoms with E-state index in [9.17, 15) is 4.79 Å². The molecule has 4 aromatic rings. The van der Waals surface area contributed by atoms with E-state index in [0.29, 0.717) is 23.6 Å². The Kier molecular flexibility index (Phi) is 4.61. The second-order valence-corrected chi connectivity index (χ2v) is 6.72. The standard InChI is InChI=1S/C22H21N3O3/c1-24(13-15-12-23-25(2)14-15)22(26)21-20(16-7-5-4-6-8-16)18-10-9-17(27-3)11-19(18)28-21/h4-12,14H,13H2,1-3H3. The monoisotopic (exact) mass is 375 g/mol. The van der Waals surface area contributed by atoms with Crippen molar-refractivity contribution in [1.82, 2.24) is 14.7 Å². The maximum Gasteiger partial charge on any atom is 0.290 e. The van der Waals surface area contributed by atoms with E-state index in [2.05, 4.69) is 5.10 Å². The van der Waals surface area contributed by atoms with Gasteiger partial charge in [-0.05, 0) is 17.7 Å². The largest absolute Gasteiger partial charge is 0.497 e. The predicted molar refractivity (Wildman–Crippen MR) is 107 cm³/mol. The Bertz CT molecular complexity index is 1130. The van der Waals surface area contributed by atoms with Gasteiger partial charge in [-0.3, -0.25) is 9.48 Å². The first-order chi connectivity index (χ1) is 13.6. The van der Waals surface area contributed by atoms with Crippen molar-refractivity contribution in [3.05, 3.63) is 72.2 Å². The highest BCUT2D eigenvalue weighted by molar-refractivity contribution is 6.08. The summed E-state index contributed by atoms with van der Waals surface area (Å²) in [5, 5.41) is 5.04. The molecule has 0 N–H and O–H groups in total. The molecule has 2 heterocycles. The topological polar surface area (TPSA) is 60.5 Å². The zero-order chi connectivity index (χ0) is 19.7. The van der Waals surface area contributed by atoms with Crippen LogP contribution in [0.3, 0.4) is 0 Å². The Balaban J connectivity index is 1.79. The normalized spacial score (nSPS) is 11.0. The number of nitrogens with zero attached hydrogens (tertiary/aromatic N) is 3. The number of carbonyl (C=O) groups excluding carboxylic acids is 1. The van der Waals surface area contributed by atoms with Crippen molar-refractivity contribution in [3.63, 3.8) is 0 Å². The fourth-order valence-electron chi connectivity index (χ4n) is 3.32. The van der Waals surface area contributed by atoms with E-state index in [1.54, 1.807) is 36.0 Å². The number of fused-ring (bicyclic) bond motifs is 1. The fourth-order valence-corrected chi connectivity index (χ4v) is 3.32. The van der Waals surface area contributed by atoms with Crippen LogP contribution in [0.1, 0.15) is 16.1 Å². The molecule has 4 rings (SSSR count). The number of benzene rings is 2. The summed E-state index contributed by atoms with van der Waals surface area (Å²) in [4.78, 5) is 14.9. The SMILES string of the molecule is COc1ccc2c(-c3ccccc3)c(C(=O)N(C)Cc3cnn(C)c3)oc2c1. The lowest BCUT2D eigenvalue weighted by Gasteiger charge is -2.15. The molecule has 0 aliphatic heterocycles. The van der Waals surface area contributed by atoms with Crippen molar-refractivity contribution in [2.75, 3.05) is 14.2 Å². The Morgan fingerprint density at radius 1 is 1.21 bits per heavy atom. The molecule has 0 radical (unpaired) electrons. The number of aromatic nitrogens is 2. The van der Waals surface area contributed by atoms with Crippen LogP contribution in [-0.2, 0) is 13.6 Å². The molecular formula is C22H21N3O3. The summed E-state index contributed by atoms with van der Waals surface area (Å²) in [6.45, 7) is 0.446. The van der Waals surface area contributed by atoms with Crippen LogP contribution < -0.4 is 4.74 Å². The van der Waals surface area contributed by atoms with E-state index in [1.165, 1.54) is 0 Å². The number of rotatable bonds is 5. The highest BCUT2D eigenvalue weighted by Crippen LogP contribution is 2.37. The van der Waals surface area contributed by atoms with Gasteiger partial charge in [0.15, 0.2) is 0 Å². The molecule has 0 aliphatic rings. The van der Waals surface area contributed by atoms with Crippen LogP contribution in [0.5, 0.6) is 5.75 Å². The zero-order valence-electron chi connectivity index (χ0n) is 16.0. The summed E-state index contributed by atoms with van der Waals surface area (Å²) in [7, 11) is 5.22. The van der Waals surface area contributed by atoms with Gasteiger partial charge in [0.2, 0.25) is 5.76 Å². The molecule has 1 amide bonds. The molecule has 0 unspecified atom stereocenters. The van der Waals surface area contributed by atoms with Gasteiger partial charge in [0.25, 0.3) is 5.91 Å². The van der Waals surface area contributed by atoms with Crippen LogP contribution in [0, 0.1) is 0 Å². The van der Waals surface area contributed by atoms with Crippen LogP contribution in [0.25, 0.3) is 22.1 Å². The minimum absolute atomic E-state index is 0.183. The van der Waals surface area contributed by atoms with Gasteiger partial charge in [0.1, 0.15) is 11.3 Å². The number of carbonyl (C=O) groups is 1. The van der Waals surface area contributed by atoms with Gasteiger partial charge < -0.3 is 14.1 Å². The lowest BCUT2D eigenvalue weighted by molar-refractivity contribution is 0.0757. The summed E-state index contributed by atoms with van der Waals surface area (Å²) < 4.78 is 13.1. The number of ether oxygens (including phenoxy) is 1. The number of hydrogen-bond donors (Lipinski definition) is 0. The average Bonchev–Trinajstić information content (AvgIpc) is 3.30. The van der Waals surface area contributed by atoms with Gasteiger partial charge in [0, 0.05) is 49.4 Å². The number of furan rings is 1. The van der Waals surface area contributed by atoms with Gasteiger partial charge in [-0.2, -0.15) is 5.10 Å². The fraction of sp³-hybridized carbons (Fsp3) is 0.182. The Morgan fingerprint density at radius 3 is 2.68 bits per heavy atom. The summed E-state index contributed by atoms with van der Waals surface area (Å²) in [6, 6.07) is 15.4. The zero-order valence-corrected chi connectivity index (χ0v) is 16.0. The van der Waals surface area contributed by atoms with Crippen molar-refractivity contribution in [2.24, 2.45) is 7.05 Å². The van der Waals surface area contributed by atoms with E-state index < -0.39 is 0 Å². The molecule has 2 aromatic heterocycles. The average molecular weight is 375 g/mol. The molecule has 2 aromatic carbocycles. The highest BCUT2D eigenvalue weighted by atomic mass is 16.5. The minimum atomic E-state index is -0.183. The molecule has 0 saturated heterocycles. The molecule has 0 atom stereocenters. The van der Waals surface area contributed by atoms with E-state index in [1.807, 2.05) is 55.7 Å². The second kappa shape index (κ2) is 7.23. The van der Waals surface area contributed by atoms with Crippen LogP contribution in [0.15, 0.2) is 65.3 Å². The predicted octanol–water partition coefficient (Wildman–Crippen LogP) is 4.11. The van der Waals surface area contributed by atoms with E-state index in [4.69, 9.17) is 9.15 Å². The smallest absolute Gasteiger partial charge is 0.290 e. The lowest BCUT2D eigenvalue weighted by atomic mass is 10.0. The quantitative estimate of drug-likeness (QED) is 0.527. The summed E-state index contributed by atoms with van der Waals surface area (Å²) >= 11 is 0. The molecule has 6 heteroatoms. The Labute approximate surface area is 162 Å². The third-order valence-electron chi connectivity index (χ3n) is 4.68. The molecule has 0 fully saturated rings. The first kappa shape index (κ1) is 17.9. The van der Waals surface area contributed by atoms with Gasteiger partial charge in [-0.15, -0.1) is 0 Å². The molecule has 0 bridgehead atoms. The maximum atomic E-state index is 13.2. The van der Waals surface area contributed by atoms with Crippen molar-refractivity contribution in [1.29, 1.82) is 0 Å². The van der Waals surface area contributed by atoms with Gasteiger partial charge in [-0.25, -0.2) is 0 Å². The number of aryl methyl sites for hydroxylation is 1. The number of hydrogen-bond acceptors (Lipinski definition) is 4. The van der Waals surface area contributed by atoms with Crippen LogP contribution in [0.2, 0.25) is 0 Å². The Hall–Kier alpha value is -3.54. The van der Waals surface area contributed by atoms with E-state index in [-0.39, 0.29) is 5.91 Å². The minimum Gasteiger partial charge on any atom is -0.497 e.